The normalized spacial score (nSPS) is 18.9. The minimum Gasteiger partial charge on any atom is -0.445 e. The van der Waals surface area contributed by atoms with E-state index in [0.29, 0.717) is 18.2 Å². The second-order valence-corrected chi connectivity index (χ2v) is 7.16. The van der Waals surface area contributed by atoms with Gasteiger partial charge in [0, 0.05) is 18.2 Å². The van der Waals surface area contributed by atoms with Crippen molar-refractivity contribution in [2.75, 3.05) is 11.9 Å². The van der Waals surface area contributed by atoms with Crippen molar-refractivity contribution in [2.24, 2.45) is 11.8 Å². The molecular weight excluding hydrogens is 359 g/mol. The van der Waals surface area contributed by atoms with Gasteiger partial charge in [-0.2, -0.15) is 0 Å². The number of alkyl carbamates (subject to hydrolysis) is 1. The van der Waals surface area contributed by atoms with Crippen molar-refractivity contribution in [3.05, 3.63) is 66.0 Å². The lowest BCUT2D eigenvalue weighted by Crippen LogP contribution is -2.33. The van der Waals surface area contributed by atoms with Gasteiger partial charge in [0.25, 0.3) is 0 Å². The van der Waals surface area contributed by atoms with Crippen molar-refractivity contribution in [3.8, 4) is 0 Å². The molecule has 0 atom stereocenters. The Morgan fingerprint density at radius 3 is 2.32 bits per heavy atom. The first kappa shape index (κ1) is 19.9. The summed E-state index contributed by atoms with van der Waals surface area (Å²) in [4.78, 5) is 24.2. The molecule has 1 aliphatic carbocycles. The van der Waals surface area contributed by atoms with Gasteiger partial charge in [0.05, 0.1) is 0 Å². The van der Waals surface area contributed by atoms with Gasteiger partial charge in [0.1, 0.15) is 12.4 Å². The Labute approximate surface area is 164 Å². The van der Waals surface area contributed by atoms with Crippen molar-refractivity contribution in [1.29, 1.82) is 0 Å². The summed E-state index contributed by atoms with van der Waals surface area (Å²) in [6, 6.07) is 15.3. The number of carbonyl (C=O) groups excluding carboxylic acids is 2. The highest BCUT2D eigenvalue weighted by atomic mass is 19.1. The molecule has 3 rings (SSSR count). The molecule has 28 heavy (non-hydrogen) atoms. The standard InChI is InChI=1S/C22H25FN2O3/c23-19-10-12-20(13-11-19)25-21(26)18-8-6-16(7-9-18)14-24-22(27)28-15-17-4-2-1-3-5-17/h1-5,10-13,16,18H,6-9,14-15H2,(H,24,27)(H,25,26)/t16-,18-. The molecule has 0 aromatic heterocycles. The average molecular weight is 384 g/mol. The smallest absolute Gasteiger partial charge is 0.407 e. The minimum absolute atomic E-state index is 0.0275. The van der Waals surface area contributed by atoms with Crippen molar-refractivity contribution in [2.45, 2.75) is 32.3 Å². The summed E-state index contributed by atoms with van der Waals surface area (Å²) in [7, 11) is 0. The van der Waals surface area contributed by atoms with E-state index in [1.165, 1.54) is 12.1 Å². The highest BCUT2D eigenvalue weighted by Gasteiger charge is 2.26. The molecule has 0 unspecified atom stereocenters. The van der Waals surface area contributed by atoms with Crippen molar-refractivity contribution >= 4 is 17.7 Å². The van der Waals surface area contributed by atoms with E-state index in [1.54, 1.807) is 12.1 Å². The van der Waals surface area contributed by atoms with Crippen LogP contribution in [0.15, 0.2) is 54.6 Å². The number of carbonyl (C=O) groups is 2. The van der Waals surface area contributed by atoms with Crippen LogP contribution in [-0.2, 0) is 16.1 Å². The first-order chi connectivity index (χ1) is 13.6. The first-order valence-electron chi connectivity index (χ1n) is 9.61. The first-order valence-corrected chi connectivity index (χ1v) is 9.61. The van der Waals surface area contributed by atoms with E-state index in [-0.39, 0.29) is 24.2 Å². The molecule has 5 nitrogen and oxygen atoms in total. The largest absolute Gasteiger partial charge is 0.445 e. The number of ether oxygens (including phenoxy) is 1. The molecule has 2 aromatic rings. The third-order valence-electron chi connectivity index (χ3n) is 5.08. The number of anilines is 1. The summed E-state index contributed by atoms with van der Waals surface area (Å²) in [5, 5.41) is 5.66. The Morgan fingerprint density at radius 1 is 0.964 bits per heavy atom. The molecule has 1 aliphatic rings. The third kappa shape index (κ3) is 6.08. The number of rotatable bonds is 6. The van der Waals surface area contributed by atoms with Crippen LogP contribution in [0.1, 0.15) is 31.2 Å². The van der Waals surface area contributed by atoms with Crippen LogP contribution >= 0.6 is 0 Å². The Balaban J connectivity index is 1.34. The maximum atomic E-state index is 12.9. The molecule has 2 amide bonds. The molecule has 0 bridgehead atoms. The fourth-order valence-electron chi connectivity index (χ4n) is 3.41. The van der Waals surface area contributed by atoms with E-state index in [4.69, 9.17) is 4.74 Å². The zero-order valence-corrected chi connectivity index (χ0v) is 15.7. The zero-order chi connectivity index (χ0) is 19.8. The van der Waals surface area contributed by atoms with Crippen molar-refractivity contribution < 1.29 is 18.7 Å². The number of hydrogen-bond acceptors (Lipinski definition) is 3. The Morgan fingerprint density at radius 2 is 1.64 bits per heavy atom. The van der Waals surface area contributed by atoms with Crippen LogP contribution < -0.4 is 10.6 Å². The van der Waals surface area contributed by atoms with Gasteiger partial charge in [-0.1, -0.05) is 30.3 Å². The van der Waals surface area contributed by atoms with Crippen LogP contribution in [0.4, 0.5) is 14.9 Å². The topological polar surface area (TPSA) is 67.4 Å². The third-order valence-corrected chi connectivity index (χ3v) is 5.08. The highest BCUT2D eigenvalue weighted by Crippen LogP contribution is 2.29. The van der Waals surface area contributed by atoms with Crippen LogP contribution in [0.5, 0.6) is 0 Å². The Kier molecular flexibility index (Phi) is 7.00. The van der Waals surface area contributed by atoms with Crippen LogP contribution in [0.25, 0.3) is 0 Å². The summed E-state index contributed by atoms with van der Waals surface area (Å²) in [6.07, 6.45) is 2.89. The molecule has 6 heteroatoms. The fraction of sp³-hybridized carbons (Fsp3) is 0.364. The fourth-order valence-corrected chi connectivity index (χ4v) is 3.41. The van der Waals surface area contributed by atoms with Gasteiger partial charge in [-0.05, 0) is 61.4 Å². The van der Waals surface area contributed by atoms with Crippen LogP contribution in [0, 0.1) is 17.7 Å². The van der Waals surface area contributed by atoms with Gasteiger partial charge < -0.3 is 15.4 Å². The molecule has 0 spiro atoms. The summed E-state index contributed by atoms with van der Waals surface area (Å²) in [6.45, 7) is 0.808. The number of nitrogens with one attached hydrogen (secondary N) is 2. The molecule has 1 fully saturated rings. The molecular formula is C22H25FN2O3. The van der Waals surface area contributed by atoms with Gasteiger partial charge in [-0.25, -0.2) is 9.18 Å². The second kappa shape index (κ2) is 9.88. The molecule has 148 valence electrons. The Hall–Kier alpha value is -2.89. The van der Waals surface area contributed by atoms with Crippen molar-refractivity contribution in [3.63, 3.8) is 0 Å². The molecule has 0 saturated heterocycles. The van der Waals surface area contributed by atoms with Gasteiger partial charge in [0.2, 0.25) is 5.91 Å². The predicted molar refractivity (Wildman–Crippen MR) is 105 cm³/mol. The van der Waals surface area contributed by atoms with Gasteiger partial charge in [-0.15, -0.1) is 0 Å². The van der Waals surface area contributed by atoms with Crippen LogP contribution in [0.2, 0.25) is 0 Å². The van der Waals surface area contributed by atoms with E-state index in [1.807, 2.05) is 30.3 Å². The number of halogens is 1. The summed E-state index contributed by atoms with van der Waals surface area (Å²) >= 11 is 0. The van der Waals surface area contributed by atoms with Crippen LogP contribution in [0.3, 0.4) is 0 Å². The zero-order valence-electron chi connectivity index (χ0n) is 15.7. The van der Waals surface area contributed by atoms with E-state index in [2.05, 4.69) is 10.6 Å². The van der Waals surface area contributed by atoms with Gasteiger partial charge >= 0.3 is 6.09 Å². The average Bonchev–Trinajstić information content (AvgIpc) is 2.73. The maximum Gasteiger partial charge on any atom is 0.407 e. The molecule has 2 aromatic carbocycles. The lowest BCUT2D eigenvalue weighted by Gasteiger charge is -2.27. The van der Waals surface area contributed by atoms with E-state index < -0.39 is 6.09 Å². The number of benzene rings is 2. The van der Waals surface area contributed by atoms with Crippen molar-refractivity contribution in [1.82, 2.24) is 5.32 Å². The van der Waals surface area contributed by atoms with E-state index >= 15 is 0 Å². The SMILES string of the molecule is O=C(NC[C@H]1CC[C@H](C(=O)Nc2ccc(F)cc2)CC1)OCc1ccccc1. The summed E-state index contributed by atoms with van der Waals surface area (Å²) in [5.74, 6) is -0.0564. The highest BCUT2D eigenvalue weighted by molar-refractivity contribution is 5.92. The monoisotopic (exact) mass is 384 g/mol. The minimum atomic E-state index is -0.417. The molecule has 0 heterocycles. The number of hydrogen-bond donors (Lipinski definition) is 2. The molecule has 1 saturated carbocycles. The number of amides is 2. The quantitative estimate of drug-likeness (QED) is 0.771. The summed E-state index contributed by atoms with van der Waals surface area (Å²) in [5.41, 5.74) is 1.56. The van der Waals surface area contributed by atoms with E-state index in [9.17, 15) is 14.0 Å². The lowest BCUT2D eigenvalue weighted by atomic mass is 9.81. The van der Waals surface area contributed by atoms with Gasteiger partial charge in [-0.3, -0.25) is 4.79 Å². The Bertz CT molecular complexity index is 772. The maximum absolute atomic E-state index is 12.9. The predicted octanol–water partition coefficient (Wildman–Crippen LogP) is 4.50. The molecule has 0 radical (unpaired) electrons. The van der Waals surface area contributed by atoms with Crippen LogP contribution in [-0.4, -0.2) is 18.5 Å². The lowest BCUT2D eigenvalue weighted by molar-refractivity contribution is -0.121. The summed E-state index contributed by atoms with van der Waals surface area (Å²) < 4.78 is 18.1. The molecule has 2 N–H and O–H groups in total. The van der Waals surface area contributed by atoms with E-state index in [0.717, 1.165) is 31.2 Å². The molecule has 0 aliphatic heterocycles. The van der Waals surface area contributed by atoms with Gasteiger partial charge in [0.15, 0.2) is 0 Å². The second-order valence-electron chi connectivity index (χ2n) is 7.16.